The zero-order chi connectivity index (χ0) is 13.1. The summed E-state index contributed by atoms with van der Waals surface area (Å²) in [5.74, 6) is 1.48. The summed E-state index contributed by atoms with van der Waals surface area (Å²) in [5.41, 5.74) is 0. The van der Waals surface area contributed by atoms with E-state index in [1.807, 2.05) is 0 Å². The second-order valence-corrected chi connectivity index (χ2v) is 5.05. The molecule has 100 valence electrons. The first-order valence-electron chi connectivity index (χ1n) is 5.78. The van der Waals surface area contributed by atoms with E-state index in [1.165, 1.54) is 4.90 Å². The molecular formula is C11H14BrF2N3O. The van der Waals surface area contributed by atoms with Gasteiger partial charge in [-0.25, -0.2) is 18.7 Å². The minimum atomic E-state index is -2.46. The maximum atomic E-state index is 12.5. The van der Waals surface area contributed by atoms with Gasteiger partial charge in [0.1, 0.15) is 16.2 Å². The second kappa shape index (κ2) is 5.88. The average Bonchev–Trinajstić information content (AvgIpc) is 3.10. The molecule has 0 saturated heterocycles. The van der Waals surface area contributed by atoms with Crippen molar-refractivity contribution in [2.75, 3.05) is 24.6 Å². The highest BCUT2D eigenvalue weighted by molar-refractivity contribution is 9.10. The lowest BCUT2D eigenvalue weighted by Crippen LogP contribution is -2.32. The molecular weight excluding hydrogens is 308 g/mol. The molecule has 1 heterocycles. The molecule has 0 radical (unpaired) electrons. The van der Waals surface area contributed by atoms with E-state index >= 15 is 0 Å². The lowest BCUT2D eigenvalue weighted by molar-refractivity contribution is 0.152. The fraction of sp³-hybridized carbons (Fsp3) is 0.636. The molecule has 0 bridgehead atoms. The van der Waals surface area contributed by atoms with Gasteiger partial charge in [-0.05, 0) is 28.8 Å². The van der Waals surface area contributed by atoms with Crippen LogP contribution >= 0.6 is 15.9 Å². The zero-order valence-electron chi connectivity index (χ0n) is 9.69. The third kappa shape index (κ3) is 3.58. The molecule has 2 rings (SSSR count). The fourth-order valence-corrected chi connectivity index (χ4v) is 2.08. The van der Waals surface area contributed by atoms with E-state index in [4.69, 9.17) is 5.11 Å². The van der Waals surface area contributed by atoms with Crippen molar-refractivity contribution in [2.45, 2.75) is 25.2 Å². The molecule has 1 fully saturated rings. The highest BCUT2D eigenvalue weighted by Gasteiger charge is 2.28. The first-order valence-corrected chi connectivity index (χ1v) is 6.58. The smallest absolute Gasteiger partial charge is 0.255 e. The summed E-state index contributed by atoms with van der Waals surface area (Å²) in [5, 5.41) is 8.93. The Morgan fingerprint density at radius 3 is 2.72 bits per heavy atom. The van der Waals surface area contributed by atoms with E-state index in [1.54, 1.807) is 6.07 Å². The highest BCUT2D eigenvalue weighted by atomic mass is 79.9. The Hall–Kier alpha value is -0.820. The molecule has 1 saturated carbocycles. The van der Waals surface area contributed by atoms with Crippen LogP contribution in [-0.2, 0) is 0 Å². The first-order chi connectivity index (χ1) is 8.60. The third-order valence-corrected chi connectivity index (χ3v) is 3.10. The van der Waals surface area contributed by atoms with Crippen LogP contribution in [0.1, 0.15) is 24.6 Å². The molecule has 4 nitrogen and oxygen atoms in total. The SMILES string of the molecule is OCCN(CC(F)F)c1cc(Br)nc(C2CC2)n1. The monoisotopic (exact) mass is 321 g/mol. The second-order valence-electron chi connectivity index (χ2n) is 4.24. The Labute approximate surface area is 112 Å². The average molecular weight is 322 g/mol. The van der Waals surface area contributed by atoms with E-state index in [0.717, 1.165) is 12.8 Å². The minimum absolute atomic E-state index is 0.137. The Kier molecular flexibility index (Phi) is 4.45. The molecule has 0 atom stereocenters. The molecule has 0 unspecified atom stereocenters. The van der Waals surface area contributed by atoms with Crippen molar-refractivity contribution in [1.29, 1.82) is 0 Å². The van der Waals surface area contributed by atoms with Crippen LogP contribution in [0.5, 0.6) is 0 Å². The largest absolute Gasteiger partial charge is 0.395 e. The van der Waals surface area contributed by atoms with Crippen molar-refractivity contribution >= 4 is 21.7 Å². The van der Waals surface area contributed by atoms with Crippen LogP contribution in [0.3, 0.4) is 0 Å². The maximum absolute atomic E-state index is 12.5. The lowest BCUT2D eigenvalue weighted by atomic mass is 10.3. The molecule has 0 aromatic carbocycles. The van der Waals surface area contributed by atoms with Crippen molar-refractivity contribution in [3.8, 4) is 0 Å². The molecule has 18 heavy (non-hydrogen) atoms. The van der Waals surface area contributed by atoms with Crippen molar-refractivity contribution in [2.24, 2.45) is 0 Å². The summed E-state index contributed by atoms with van der Waals surface area (Å²) in [6.45, 7) is -0.487. The molecule has 1 aliphatic rings. The number of hydrogen-bond donors (Lipinski definition) is 1. The number of rotatable bonds is 6. The van der Waals surface area contributed by atoms with Crippen LogP contribution in [0.2, 0.25) is 0 Å². The number of nitrogens with zero attached hydrogens (tertiary/aromatic N) is 3. The van der Waals surface area contributed by atoms with Crippen molar-refractivity contribution in [3.05, 3.63) is 16.5 Å². The van der Waals surface area contributed by atoms with Crippen LogP contribution in [0.4, 0.5) is 14.6 Å². The fourth-order valence-electron chi connectivity index (χ4n) is 1.70. The van der Waals surface area contributed by atoms with Crippen LogP contribution < -0.4 is 4.90 Å². The van der Waals surface area contributed by atoms with E-state index in [0.29, 0.717) is 22.2 Å². The Morgan fingerprint density at radius 1 is 1.44 bits per heavy atom. The quantitative estimate of drug-likeness (QED) is 0.816. The van der Waals surface area contributed by atoms with Crippen LogP contribution in [0.25, 0.3) is 0 Å². The van der Waals surface area contributed by atoms with Crippen LogP contribution in [-0.4, -0.2) is 41.2 Å². The van der Waals surface area contributed by atoms with Gasteiger partial charge in [0.2, 0.25) is 0 Å². The van der Waals surface area contributed by atoms with Gasteiger partial charge >= 0.3 is 0 Å². The van der Waals surface area contributed by atoms with Crippen molar-refractivity contribution in [1.82, 2.24) is 9.97 Å². The maximum Gasteiger partial charge on any atom is 0.255 e. The summed E-state index contributed by atoms with van der Waals surface area (Å²) in [4.78, 5) is 9.93. The molecule has 0 aliphatic heterocycles. The first kappa shape index (κ1) is 13.6. The van der Waals surface area contributed by atoms with Crippen LogP contribution in [0, 0.1) is 0 Å². The number of aromatic nitrogens is 2. The normalized spacial score (nSPS) is 15.2. The summed E-state index contributed by atoms with van der Waals surface area (Å²) in [6, 6.07) is 1.60. The molecule has 1 aliphatic carbocycles. The van der Waals surface area contributed by atoms with E-state index in [9.17, 15) is 8.78 Å². The van der Waals surface area contributed by atoms with Gasteiger partial charge in [0.15, 0.2) is 0 Å². The highest BCUT2D eigenvalue weighted by Crippen LogP contribution is 2.39. The molecule has 7 heteroatoms. The van der Waals surface area contributed by atoms with Gasteiger partial charge in [0.25, 0.3) is 6.43 Å². The van der Waals surface area contributed by atoms with E-state index in [-0.39, 0.29) is 13.2 Å². The van der Waals surface area contributed by atoms with E-state index in [2.05, 4.69) is 25.9 Å². The number of halogens is 3. The Bertz CT molecular complexity index is 415. The number of hydrogen-bond acceptors (Lipinski definition) is 4. The van der Waals surface area contributed by atoms with Gasteiger partial charge < -0.3 is 10.0 Å². The summed E-state index contributed by atoms with van der Waals surface area (Å²) in [6.07, 6.45) is -0.371. The zero-order valence-corrected chi connectivity index (χ0v) is 11.3. The van der Waals surface area contributed by atoms with Gasteiger partial charge in [-0.2, -0.15) is 0 Å². The lowest BCUT2D eigenvalue weighted by Gasteiger charge is -2.22. The standard InChI is InChI=1S/C11H14BrF2N3O/c12-8-5-10(16-11(15-8)7-1-2-7)17(3-4-18)6-9(13)14/h5,7,9,18H,1-4,6H2. The van der Waals surface area contributed by atoms with Crippen molar-refractivity contribution < 1.29 is 13.9 Å². The third-order valence-electron chi connectivity index (χ3n) is 2.69. The summed E-state index contributed by atoms with van der Waals surface area (Å²) >= 11 is 3.27. The van der Waals surface area contributed by atoms with Gasteiger partial charge in [-0.3, -0.25) is 0 Å². The predicted octanol–water partition coefficient (Wildman–Crippen LogP) is 2.18. The Morgan fingerprint density at radius 2 is 2.17 bits per heavy atom. The van der Waals surface area contributed by atoms with Crippen LogP contribution in [0.15, 0.2) is 10.7 Å². The number of aliphatic hydroxyl groups is 1. The van der Waals surface area contributed by atoms with Gasteiger partial charge in [0, 0.05) is 18.5 Å². The molecule has 0 spiro atoms. The molecule has 1 aromatic heterocycles. The molecule has 1 aromatic rings. The summed E-state index contributed by atoms with van der Waals surface area (Å²) in [7, 11) is 0. The number of aliphatic hydroxyl groups excluding tert-OH is 1. The van der Waals surface area contributed by atoms with Gasteiger partial charge in [0.05, 0.1) is 13.2 Å². The van der Waals surface area contributed by atoms with Crippen molar-refractivity contribution in [3.63, 3.8) is 0 Å². The summed E-state index contributed by atoms with van der Waals surface area (Å²) < 4.78 is 25.6. The predicted molar refractivity (Wildman–Crippen MR) is 67.0 cm³/mol. The van der Waals surface area contributed by atoms with E-state index < -0.39 is 13.0 Å². The topological polar surface area (TPSA) is 49.2 Å². The number of anilines is 1. The molecule has 0 amide bonds. The Balaban J connectivity index is 2.21. The minimum Gasteiger partial charge on any atom is -0.395 e. The van der Waals surface area contributed by atoms with Gasteiger partial charge in [-0.15, -0.1) is 0 Å². The number of alkyl halides is 2. The molecule has 1 N–H and O–H groups in total. The van der Waals surface area contributed by atoms with Gasteiger partial charge in [-0.1, -0.05) is 0 Å².